The molecule has 0 spiro atoms. The molecular weight excluding hydrogens is 242 g/mol. The topological polar surface area (TPSA) is 71.3 Å². The van der Waals surface area contributed by atoms with Crippen LogP contribution in [0.4, 0.5) is 0 Å². The number of fused-ring (bicyclic) bond motifs is 3. The Bertz CT molecular complexity index is 637. The zero-order chi connectivity index (χ0) is 12.8. The number of nitrogens with one attached hydrogen (secondary N) is 2. The monoisotopic (exact) mass is 257 g/mol. The first kappa shape index (κ1) is 10.9. The summed E-state index contributed by atoms with van der Waals surface area (Å²) in [6, 6.07) is 0.874. The summed E-state index contributed by atoms with van der Waals surface area (Å²) < 4.78 is 1.81. The number of hydrogen-bond acceptors (Lipinski definition) is 4. The lowest BCUT2D eigenvalue weighted by molar-refractivity contribution is 0.0919. The van der Waals surface area contributed by atoms with Crippen molar-refractivity contribution in [2.75, 3.05) is 6.54 Å². The van der Waals surface area contributed by atoms with Crippen LogP contribution in [0.15, 0.2) is 24.9 Å². The van der Waals surface area contributed by atoms with Gasteiger partial charge in [0.15, 0.2) is 0 Å². The smallest absolute Gasteiger partial charge is 0.271 e. The molecule has 6 heteroatoms. The van der Waals surface area contributed by atoms with Crippen molar-refractivity contribution in [2.24, 2.45) is 5.92 Å². The van der Waals surface area contributed by atoms with Gasteiger partial charge in [-0.2, -0.15) is 0 Å². The van der Waals surface area contributed by atoms with Crippen LogP contribution in [0.2, 0.25) is 0 Å². The predicted molar refractivity (Wildman–Crippen MR) is 68.8 cm³/mol. The molecule has 19 heavy (non-hydrogen) atoms. The van der Waals surface area contributed by atoms with Gasteiger partial charge < -0.3 is 15.0 Å². The molecule has 98 valence electrons. The molecule has 2 aromatic rings. The molecule has 3 atom stereocenters. The minimum Gasteiger partial charge on any atom is -0.348 e. The molecule has 1 amide bonds. The summed E-state index contributed by atoms with van der Waals surface area (Å²) in [5.41, 5.74) is 1.34. The third-order valence-electron chi connectivity index (χ3n) is 4.21. The minimum atomic E-state index is -0.0897. The molecule has 1 aliphatic heterocycles. The van der Waals surface area contributed by atoms with E-state index < -0.39 is 0 Å². The predicted octanol–water partition coefficient (Wildman–Crippen LogP) is 0.209. The van der Waals surface area contributed by atoms with E-state index in [-0.39, 0.29) is 5.91 Å². The number of amides is 1. The van der Waals surface area contributed by atoms with Crippen LogP contribution in [-0.4, -0.2) is 38.9 Å². The van der Waals surface area contributed by atoms with E-state index in [0.29, 0.717) is 23.7 Å². The highest BCUT2D eigenvalue weighted by Crippen LogP contribution is 2.31. The van der Waals surface area contributed by atoms with Crippen molar-refractivity contribution >= 4 is 11.4 Å². The SMILES string of the molecule is O=C(N[C@H]1C[C@H]2C[C@@H]1CN2)c1cn2cncc2cn1. The van der Waals surface area contributed by atoms with Crippen LogP contribution < -0.4 is 10.6 Å². The second-order valence-corrected chi connectivity index (χ2v) is 5.41. The summed E-state index contributed by atoms with van der Waals surface area (Å²) in [6.45, 7) is 1.02. The van der Waals surface area contributed by atoms with Crippen LogP contribution in [0.3, 0.4) is 0 Å². The van der Waals surface area contributed by atoms with Gasteiger partial charge in [0.25, 0.3) is 5.91 Å². The fraction of sp³-hybridized carbons (Fsp3) is 0.462. The zero-order valence-corrected chi connectivity index (χ0v) is 10.4. The van der Waals surface area contributed by atoms with Crippen molar-refractivity contribution in [1.29, 1.82) is 0 Å². The van der Waals surface area contributed by atoms with Crippen molar-refractivity contribution in [3.8, 4) is 0 Å². The van der Waals surface area contributed by atoms with E-state index in [4.69, 9.17) is 0 Å². The van der Waals surface area contributed by atoms with Crippen molar-refractivity contribution in [3.63, 3.8) is 0 Å². The Labute approximate surface area is 110 Å². The number of rotatable bonds is 2. The molecule has 2 fully saturated rings. The first-order chi connectivity index (χ1) is 9.29. The second-order valence-electron chi connectivity index (χ2n) is 5.41. The maximum Gasteiger partial charge on any atom is 0.271 e. The molecule has 3 heterocycles. The van der Waals surface area contributed by atoms with Gasteiger partial charge in [0.2, 0.25) is 0 Å². The van der Waals surface area contributed by atoms with Crippen LogP contribution in [0.5, 0.6) is 0 Å². The van der Waals surface area contributed by atoms with E-state index in [1.54, 1.807) is 24.9 Å². The first-order valence-corrected chi connectivity index (χ1v) is 6.61. The number of hydrogen-bond donors (Lipinski definition) is 2. The lowest BCUT2D eigenvalue weighted by Gasteiger charge is -2.23. The molecule has 2 bridgehead atoms. The number of nitrogens with zero attached hydrogens (tertiary/aromatic N) is 3. The number of piperidine rings is 1. The summed E-state index contributed by atoms with van der Waals surface area (Å²) >= 11 is 0. The number of carbonyl (C=O) groups is 1. The van der Waals surface area contributed by atoms with Crippen molar-refractivity contribution in [2.45, 2.75) is 24.9 Å². The van der Waals surface area contributed by atoms with Crippen LogP contribution in [-0.2, 0) is 0 Å². The Hall–Kier alpha value is -1.95. The highest BCUT2D eigenvalue weighted by molar-refractivity contribution is 5.92. The van der Waals surface area contributed by atoms with E-state index in [0.717, 1.165) is 18.5 Å². The maximum absolute atomic E-state index is 12.2. The van der Waals surface area contributed by atoms with E-state index in [2.05, 4.69) is 20.6 Å². The molecule has 0 unspecified atom stereocenters. The first-order valence-electron chi connectivity index (χ1n) is 6.61. The fourth-order valence-electron chi connectivity index (χ4n) is 3.20. The van der Waals surface area contributed by atoms with Crippen LogP contribution in [0, 0.1) is 5.92 Å². The van der Waals surface area contributed by atoms with Gasteiger partial charge in [-0.05, 0) is 18.8 Å². The Morgan fingerprint density at radius 2 is 2.37 bits per heavy atom. The molecule has 1 saturated heterocycles. The number of imidazole rings is 1. The summed E-state index contributed by atoms with van der Waals surface area (Å²) in [7, 11) is 0. The summed E-state index contributed by atoms with van der Waals surface area (Å²) in [5.74, 6) is 0.485. The van der Waals surface area contributed by atoms with Gasteiger partial charge in [0.05, 0.1) is 24.2 Å². The van der Waals surface area contributed by atoms with Gasteiger partial charge >= 0.3 is 0 Å². The fourth-order valence-corrected chi connectivity index (χ4v) is 3.20. The zero-order valence-electron chi connectivity index (χ0n) is 10.4. The van der Waals surface area contributed by atoms with Gasteiger partial charge in [0.1, 0.15) is 5.69 Å². The third kappa shape index (κ3) is 1.79. The summed E-state index contributed by atoms with van der Waals surface area (Å²) in [5, 5.41) is 6.55. The van der Waals surface area contributed by atoms with E-state index in [1.807, 2.05) is 4.40 Å². The molecular formula is C13H15N5O. The van der Waals surface area contributed by atoms with Gasteiger partial charge in [-0.15, -0.1) is 0 Å². The molecule has 1 saturated carbocycles. The molecule has 2 aliphatic rings. The van der Waals surface area contributed by atoms with E-state index in [9.17, 15) is 4.79 Å². The second kappa shape index (κ2) is 4.03. The van der Waals surface area contributed by atoms with Gasteiger partial charge in [-0.3, -0.25) is 4.79 Å². The third-order valence-corrected chi connectivity index (χ3v) is 4.21. The van der Waals surface area contributed by atoms with Gasteiger partial charge in [-0.25, -0.2) is 9.97 Å². The molecule has 0 radical (unpaired) electrons. The summed E-state index contributed by atoms with van der Waals surface area (Å²) in [4.78, 5) is 20.4. The lowest BCUT2D eigenvalue weighted by atomic mass is 10.0. The van der Waals surface area contributed by atoms with Gasteiger partial charge in [0, 0.05) is 24.8 Å². The average molecular weight is 257 g/mol. The van der Waals surface area contributed by atoms with Crippen molar-refractivity contribution in [3.05, 3.63) is 30.6 Å². The summed E-state index contributed by atoms with van der Waals surface area (Å²) in [6.07, 6.45) is 9.00. The Balaban J connectivity index is 1.53. The molecule has 1 aliphatic carbocycles. The minimum absolute atomic E-state index is 0.0897. The highest BCUT2D eigenvalue weighted by Gasteiger charge is 2.40. The van der Waals surface area contributed by atoms with Crippen LogP contribution >= 0.6 is 0 Å². The highest BCUT2D eigenvalue weighted by atomic mass is 16.2. The van der Waals surface area contributed by atoms with E-state index in [1.165, 1.54) is 6.42 Å². The van der Waals surface area contributed by atoms with Crippen LogP contribution in [0.25, 0.3) is 5.52 Å². The largest absolute Gasteiger partial charge is 0.348 e. The normalized spacial score (nSPS) is 28.9. The number of aromatic nitrogens is 3. The van der Waals surface area contributed by atoms with E-state index >= 15 is 0 Å². The standard InChI is InChI=1S/C13H15N5O/c19-13(17-11-2-9-1-8(11)3-15-9)12-6-18-7-14-4-10(18)5-16-12/h4-9,11,15H,1-3H2,(H,17,19)/t8-,9-,11+/m1/s1. The Morgan fingerprint density at radius 3 is 3.16 bits per heavy atom. The van der Waals surface area contributed by atoms with Crippen molar-refractivity contribution in [1.82, 2.24) is 25.0 Å². The molecule has 4 rings (SSSR count). The lowest BCUT2D eigenvalue weighted by Crippen LogP contribution is -2.44. The van der Waals surface area contributed by atoms with Crippen molar-refractivity contribution < 1.29 is 4.79 Å². The maximum atomic E-state index is 12.2. The molecule has 2 N–H and O–H groups in total. The van der Waals surface area contributed by atoms with Crippen LogP contribution in [0.1, 0.15) is 23.3 Å². The molecule has 2 aromatic heterocycles. The van der Waals surface area contributed by atoms with Gasteiger partial charge in [-0.1, -0.05) is 0 Å². The average Bonchev–Trinajstić information content (AvgIpc) is 3.13. The Morgan fingerprint density at radius 1 is 1.42 bits per heavy atom. The quantitative estimate of drug-likeness (QED) is 0.807. The number of carbonyl (C=O) groups excluding carboxylic acids is 1. The Kier molecular flexibility index (Phi) is 2.32. The molecule has 6 nitrogen and oxygen atoms in total. The molecule has 0 aromatic carbocycles.